The summed E-state index contributed by atoms with van der Waals surface area (Å²) in [5.74, 6) is 0.0430. The topological polar surface area (TPSA) is 17.4 Å². The highest BCUT2D eigenvalue weighted by Crippen LogP contribution is 2.33. The van der Waals surface area contributed by atoms with E-state index in [0.717, 1.165) is 35.0 Å². The van der Waals surface area contributed by atoms with E-state index >= 15 is 0 Å². The Morgan fingerprint density at radius 2 is 1.80 bits per heavy atom. The highest BCUT2D eigenvalue weighted by Gasteiger charge is 2.16. The van der Waals surface area contributed by atoms with Crippen LogP contribution in [0.5, 0.6) is 5.75 Å². The van der Waals surface area contributed by atoms with Crippen molar-refractivity contribution < 1.29 is 9.13 Å². The minimum atomic E-state index is -0.310. The number of halogens is 2. The van der Waals surface area contributed by atoms with Gasteiger partial charge in [-0.05, 0) is 43.8 Å². The van der Waals surface area contributed by atoms with E-state index in [1.807, 2.05) is 62.1 Å². The van der Waals surface area contributed by atoms with Crippen molar-refractivity contribution in [2.24, 2.45) is 7.05 Å². The van der Waals surface area contributed by atoms with Gasteiger partial charge in [-0.1, -0.05) is 30.3 Å². The average Bonchev–Trinajstić information content (AvgIpc) is 2.89. The number of aryl methyl sites for hydroxylation is 1. The Kier molecular flexibility index (Phi) is 6.45. The molecule has 134 valence electrons. The molecule has 0 unspecified atom stereocenters. The van der Waals surface area contributed by atoms with Gasteiger partial charge in [-0.15, -0.1) is 12.4 Å². The van der Waals surface area contributed by atoms with Gasteiger partial charge < -0.3 is 14.2 Å². The van der Waals surface area contributed by atoms with Crippen LogP contribution in [0.4, 0.5) is 4.39 Å². The molecule has 1 aromatic heterocycles. The normalized spacial score (nSPS) is 10.9. The summed E-state index contributed by atoms with van der Waals surface area (Å²) in [5.41, 5.74) is 3.14. The smallest absolute Gasteiger partial charge is 0.165 e. The maximum Gasteiger partial charge on any atom is 0.165 e. The Balaban J connectivity index is 0.00000225. The summed E-state index contributed by atoms with van der Waals surface area (Å²) in [4.78, 5) is 2.13. The molecule has 2 aromatic carbocycles. The Morgan fingerprint density at radius 3 is 2.48 bits per heavy atom. The lowest BCUT2D eigenvalue weighted by Crippen LogP contribution is -2.15. The SMILES string of the molecule is CN(C)CCc1cn(C)c2ccc(F)c(OCc3ccccc3)c12.Cl. The van der Waals surface area contributed by atoms with Crippen LogP contribution in [-0.2, 0) is 20.1 Å². The second kappa shape index (κ2) is 8.37. The highest BCUT2D eigenvalue weighted by molar-refractivity contribution is 5.90. The fourth-order valence-corrected chi connectivity index (χ4v) is 2.92. The average molecular weight is 363 g/mol. The molecule has 0 aliphatic carbocycles. The Bertz CT molecular complexity index is 831. The molecule has 1 heterocycles. The van der Waals surface area contributed by atoms with Crippen molar-refractivity contribution in [1.82, 2.24) is 9.47 Å². The predicted octanol–water partition coefficient (Wildman–Crippen LogP) is 4.42. The number of likely N-dealkylation sites (N-methyl/N-ethyl adjacent to an activating group) is 1. The first-order chi connectivity index (χ1) is 11.6. The van der Waals surface area contributed by atoms with Gasteiger partial charge in [-0.3, -0.25) is 0 Å². The molecule has 3 rings (SSSR count). The van der Waals surface area contributed by atoms with Gasteiger partial charge in [0.2, 0.25) is 0 Å². The van der Waals surface area contributed by atoms with Crippen molar-refractivity contribution >= 4 is 23.3 Å². The third kappa shape index (κ3) is 4.33. The van der Waals surface area contributed by atoms with Gasteiger partial charge in [0.15, 0.2) is 11.6 Å². The minimum absolute atomic E-state index is 0. The molecule has 0 aliphatic rings. The van der Waals surface area contributed by atoms with Gasteiger partial charge >= 0.3 is 0 Å². The van der Waals surface area contributed by atoms with Gasteiger partial charge in [0, 0.05) is 25.2 Å². The summed E-state index contributed by atoms with van der Waals surface area (Å²) in [5, 5.41) is 0.885. The lowest BCUT2D eigenvalue weighted by atomic mass is 10.1. The summed E-state index contributed by atoms with van der Waals surface area (Å²) in [6.45, 7) is 1.27. The van der Waals surface area contributed by atoms with Crippen molar-refractivity contribution in [1.29, 1.82) is 0 Å². The molecule has 0 saturated heterocycles. The molecule has 3 nitrogen and oxygen atoms in total. The lowest BCUT2D eigenvalue weighted by molar-refractivity contribution is 0.294. The molecule has 0 saturated carbocycles. The molecule has 25 heavy (non-hydrogen) atoms. The first-order valence-corrected chi connectivity index (χ1v) is 8.14. The number of hydrogen-bond donors (Lipinski definition) is 0. The minimum Gasteiger partial charge on any atom is -0.485 e. The quantitative estimate of drug-likeness (QED) is 0.645. The molecule has 0 amide bonds. The standard InChI is InChI=1S/C20H23FN2O.ClH/c1-22(2)12-11-16-13-23(3)18-10-9-17(21)20(19(16)18)24-14-15-7-5-4-6-8-15;/h4-10,13H,11-12,14H2,1-3H3;1H. The zero-order valence-electron chi connectivity index (χ0n) is 14.8. The van der Waals surface area contributed by atoms with Gasteiger partial charge in [0.05, 0.1) is 5.52 Å². The monoisotopic (exact) mass is 362 g/mol. The van der Waals surface area contributed by atoms with E-state index < -0.39 is 0 Å². The summed E-state index contributed by atoms with van der Waals surface area (Å²) >= 11 is 0. The van der Waals surface area contributed by atoms with Crippen LogP contribution < -0.4 is 4.74 Å². The van der Waals surface area contributed by atoms with Crippen LogP contribution >= 0.6 is 12.4 Å². The number of ether oxygens (including phenoxy) is 1. The zero-order valence-corrected chi connectivity index (χ0v) is 15.6. The van der Waals surface area contributed by atoms with E-state index in [9.17, 15) is 4.39 Å². The molecule has 3 aromatic rings. The number of fused-ring (bicyclic) bond motifs is 1. The van der Waals surface area contributed by atoms with Crippen LogP contribution in [0.25, 0.3) is 10.9 Å². The molecular formula is C20H24ClFN2O. The molecule has 0 aliphatic heterocycles. The molecule has 0 atom stereocenters. The van der Waals surface area contributed by atoms with Crippen LogP contribution in [0.3, 0.4) is 0 Å². The van der Waals surface area contributed by atoms with Crippen molar-refractivity contribution in [3.63, 3.8) is 0 Å². The number of hydrogen-bond acceptors (Lipinski definition) is 2. The molecule has 0 bridgehead atoms. The third-order valence-corrected chi connectivity index (χ3v) is 4.19. The van der Waals surface area contributed by atoms with Gasteiger partial charge in [0.25, 0.3) is 0 Å². The van der Waals surface area contributed by atoms with E-state index in [2.05, 4.69) is 11.1 Å². The maximum absolute atomic E-state index is 14.5. The van der Waals surface area contributed by atoms with Crippen LogP contribution in [0.15, 0.2) is 48.7 Å². The van der Waals surface area contributed by atoms with E-state index in [1.165, 1.54) is 6.07 Å². The van der Waals surface area contributed by atoms with E-state index in [4.69, 9.17) is 4.74 Å². The summed E-state index contributed by atoms with van der Waals surface area (Å²) in [6, 6.07) is 13.1. The van der Waals surface area contributed by atoms with Gasteiger partial charge in [0.1, 0.15) is 6.61 Å². The first-order valence-electron chi connectivity index (χ1n) is 8.14. The van der Waals surface area contributed by atoms with Crippen LogP contribution in [0.2, 0.25) is 0 Å². The van der Waals surface area contributed by atoms with E-state index in [-0.39, 0.29) is 18.2 Å². The second-order valence-corrected chi connectivity index (χ2v) is 6.36. The summed E-state index contributed by atoms with van der Waals surface area (Å²) < 4.78 is 22.4. The predicted molar refractivity (Wildman–Crippen MR) is 103 cm³/mol. The molecule has 0 N–H and O–H groups in total. The molecular weight excluding hydrogens is 339 g/mol. The van der Waals surface area contributed by atoms with Gasteiger partial charge in [-0.25, -0.2) is 4.39 Å². The summed E-state index contributed by atoms with van der Waals surface area (Å²) in [6.07, 6.45) is 2.93. The first kappa shape index (κ1) is 19.3. The number of benzene rings is 2. The molecule has 0 spiro atoms. The Morgan fingerprint density at radius 1 is 1.08 bits per heavy atom. The van der Waals surface area contributed by atoms with Crippen molar-refractivity contribution in [2.45, 2.75) is 13.0 Å². The lowest BCUT2D eigenvalue weighted by Gasteiger charge is -2.12. The van der Waals surface area contributed by atoms with Crippen LogP contribution in [0.1, 0.15) is 11.1 Å². The van der Waals surface area contributed by atoms with Crippen molar-refractivity contribution in [3.8, 4) is 5.75 Å². The third-order valence-electron chi connectivity index (χ3n) is 4.19. The maximum atomic E-state index is 14.5. The molecule has 5 heteroatoms. The van der Waals surface area contributed by atoms with Crippen LogP contribution in [-0.4, -0.2) is 30.1 Å². The van der Waals surface area contributed by atoms with Crippen molar-refractivity contribution in [3.05, 3.63) is 65.6 Å². The van der Waals surface area contributed by atoms with E-state index in [0.29, 0.717) is 12.4 Å². The Labute approximate surface area is 154 Å². The Hall–Kier alpha value is -2.04. The zero-order chi connectivity index (χ0) is 17.1. The summed E-state index contributed by atoms with van der Waals surface area (Å²) in [7, 11) is 6.07. The molecule has 0 radical (unpaired) electrons. The van der Waals surface area contributed by atoms with Crippen molar-refractivity contribution in [2.75, 3.05) is 20.6 Å². The number of rotatable bonds is 6. The van der Waals surface area contributed by atoms with E-state index in [1.54, 1.807) is 0 Å². The fourth-order valence-electron chi connectivity index (χ4n) is 2.92. The largest absolute Gasteiger partial charge is 0.485 e. The van der Waals surface area contributed by atoms with Gasteiger partial charge in [-0.2, -0.15) is 0 Å². The molecule has 0 fully saturated rings. The highest BCUT2D eigenvalue weighted by atomic mass is 35.5. The number of nitrogens with zero attached hydrogens (tertiary/aromatic N) is 2. The second-order valence-electron chi connectivity index (χ2n) is 6.36. The number of aromatic nitrogens is 1. The fraction of sp³-hybridized carbons (Fsp3) is 0.300. The van der Waals surface area contributed by atoms with Crippen LogP contribution in [0, 0.1) is 5.82 Å².